The van der Waals surface area contributed by atoms with Crippen molar-refractivity contribution in [1.82, 2.24) is 4.98 Å². The molecule has 1 aliphatic rings. The van der Waals surface area contributed by atoms with Crippen molar-refractivity contribution in [3.05, 3.63) is 34.8 Å². The highest BCUT2D eigenvalue weighted by atomic mass is 19.2. The van der Waals surface area contributed by atoms with E-state index in [-0.39, 0.29) is 10.9 Å². The van der Waals surface area contributed by atoms with Gasteiger partial charge in [-0.25, -0.2) is 18.2 Å². The average molecular weight is 280 g/mol. The molecule has 0 spiro atoms. The molecule has 0 fully saturated rings. The Hall–Kier alpha value is -1.78. The van der Waals surface area contributed by atoms with Crippen molar-refractivity contribution in [2.24, 2.45) is 0 Å². The minimum atomic E-state index is -1.20. The Morgan fingerprint density at radius 1 is 1.05 bits per heavy atom. The summed E-state index contributed by atoms with van der Waals surface area (Å²) in [4.78, 5) is 4.21. The number of hydrogen-bond acceptors (Lipinski definition) is 2. The van der Waals surface area contributed by atoms with Crippen LogP contribution in [-0.2, 0) is 12.8 Å². The summed E-state index contributed by atoms with van der Waals surface area (Å²) in [5.74, 6) is -3.05. The SMILES string of the molecule is CNc1c2c(nc3c(F)c(F)cc(F)c13)CCCCC2. The first-order valence-corrected chi connectivity index (χ1v) is 6.80. The predicted octanol–water partition coefficient (Wildman–Crippen LogP) is 3.96. The zero-order valence-electron chi connectivity index (χ0n) is 11.2. The van der Waals surface area contributed by atoms with Crippen molar-refractivity contribution in [3.8, 4) is 0 Å². The third kappa shape index (κ3) is 1.92. The van der Waals surface area contributed by atoms with Crippen LogP contribution in [-0.4, -0.2) is 12.0 Å². The fourth-order valence-electron chi connectivity index (χ4n) is 2.95. The molecule has 0 saturated carbocycles. The topological polar surface area (TPSA) is 24.9 Å². The second-order valence-corrected chi connectivity index (χ2v) is 5.10. The predicted molar refractivity (Wildman–Crippen MR) is 72.4 cm³/mol. The molecule has 0 aliphatic heterocycles. The second kappa shape index (κ2) is 4.96. The highest BCUT2D eigenvalue weighted by Crippen LogP contribution is 2.35. The van der Waals surface area contributed by atoms with E-state index in [1.165, 1.54) is 0 Å². The van der Waals surface area contributed by atoms with Crippen molar-refractivity contribution < 1.29 is 13.2 Å². The quantitative estimate of drug-likeness (QED) is 0.631. The Balaban J connectivity index is 2.42. The van der Waals surface area contributed by atoms with Gasteiger partial charge in [-0.3, -0.25) is 0 Å². The van der Waals surface area contributed by atoms with Gasteiger partial charge in [-0.15, -0.1) is 0 Å². The standard InChI is InChI=1S/C15H15F3N2/c1-19-14-8-5-3-2-4-6-11(8)20-15-12(14)9(16)7-10(17)13(15)18/h7H,2-6H2,1H3,(H,19,20). The molecule has 1 aromatic carbocycles. The number of rotatable bonds is 1. The third-order valence-corrected chi connectivity index (χ3v) is 3.88. The molecule has 2 aromatic rings. The molecule has 1 N–H and O–H groups in total. The summed E-state index contributed by atoms with van der Waals surface area (Å²) >= 11 is 0. The van der Waals surface area contributed by atoms with Crippen LogP contribution in [0.1, 0.15) is 30.5 Å². The van der Waals surface area contributed by atoms with E-state index in [0.717, 1.165) is 43.4 Å². The second-order valence-electron chi connectivity index (χ2n) is 5.10. The van der Waals surface area contributed by atoms with Gasteiger partial charge >= 0.3 is 0 Å². The summed E-state index contributed by atoms with van der Waals surface area (Å²) in [6.45, 7) is 0. The van der Waals surface area contributed by atoms with Crippen LogP contribution < -0.4 is 5.32 Å². The van der Waals surface area contributed by atoms with Crippen LogP contribution in [0.25, 0.3) is 10.9 Å². The van der Waals surface area contributed by atoms with Crippen LogP contribution in [0.5, 0.6) is 0 Å². The molecule has 20 heavy (non-hydrogen) atoms. The van der Waals surface area contributed by atoms with Crippen LogP contribution in [0.4, 0.5) is 18.9 Å². The molecule has 1 aromatic heterocycles. The van der Waals surface area contributed by atoms with Gasteiger partial charge in [-0.2, -0.15) is 0 Å². The van der Waals surface area contributed by atoms with E-state index in [0.29, 0.717) is 11.8 Å². The number of nitrogens with one attached hydrogen (secondary N) is 1. The molecule has 0 atom stereocenters. The van der Waals surface area contributed by atoms with E-state index >= 15 is 0 Å². The molecule has 0 unspecified atom stereocenters. The number of aromatic nitrogens is 1. The van der Waals surface area contributed by atoms with Gasteiger partial charge in [-0.1, -0.05) is 6.42 Å². The molecular weight excluding hydrogens is 265 g/mol. The lowest BCUT2D eigenvalue weighted by Crippen LogP contribution is -2.06. The largest absolute Gasteiger partial charge is 0.387 e. The van der Waals surface area contributed by atoms with Gasteiger partial charge in [0.1, 0.15) is 11.3 Å². The lowest BCUT2D eigenvalue weighted by atomic mass is 10.0. The fraction of sp³-hybridized carbons (Fsp3) is 0.400. The molecule has 0 bridgehead atoms. The molecular formula is C15H15F3N2. The van der Waals surface area contributed by atoms with Gasteiger partial charge in [0, 0.05) is 18.8 Å². The maximum absolute atomic E-state index is 14.1. The van der Waals surface area contributed by atoms with Crippen molar-refractivity contribution in [1.29, 1.82) is 0 Å². The number of aryl methyl sites for hydroxylation is 1. The summed E-state index contributed by atoms with van der Waals surface area (Å²) in [6.07, 6.45) is 4.54. The van der Waals surface area contributed by atoms with E-state index in [2.05, 4.69) is 10.3 Å². The van der Waals surface area contributed by atoms with Gasteiger partial charge in [0.05, 0.1) is 11.1 Å². The van der Waals surface area contributed by atoms with Gasteiger partial charge in [0.2, 0.25) is 0 Å². The maximum atomic E-state index is 14.1. The first kappa shape index (κ1) is 13.2. The Bertz CT molecular complexity index is 683. The zero-order chi connectivity index (χ0) is 14.3. The first-order chi connectivity index (χ1) is 9.63. The molecule has 106 valence electrons. The summed E-state index contributed by atoms with van der Waals surface area (Å²) in [7, 11) is 1.67. The molecule has 5 heteroatoms. The summed E-state index contributed by atoms with van der Waals surface area (Å²) < 4.78 is 41.4. The maximum Gasteiger partial charge on any atom is 0.185 e. The van der Waals surface area contributed by atoms with Gasteiger partial charge < -0.3 is 5.32 Å². The van der Waals surface area contributed by atoms with E-state index in [9.17, 15) is 13.2 Å². The fourth-order valence-corrected chi connectivity index (χ4v) is 2.95. The van der Waals surface area contributed by atoms with Crippen LogP contribution >= 0.6 is 0 Å². The van der Waals surface area contributed by atoms with Crippen LogP contribution in [0.2, 0.25) is 0 Å². The molecule has 1 aliphatic carbocycles. The Labute approximate surface area is 115 Å². The number of fused-ring (bicyclic) bond motifs is 2. The Morgan fingerprint density at radius 2 is 1.80 bits per heavy atom. The normalized spacial score (nSPS) is 15.0. The minimum Gasteiger partial charge on any atom is -0.387 e. The van der Waals surface area contributed by atoms with E-state index in [1.54, 1.807) is 7.05 Å². The third-order valence-electron chi connectivity index (χ3n) is 3.88. The van der Waals surface area contributed by atoms with Crippen LogP contribution in [0, 0.1) is 17.5 Å². The van der Waals surface area contributed by atoms with Crippen molar-refractivity contribution in [2.75, 3.05) is 12.4 Å². The van der Waals surface area contributed by atoms with Crippen molar-refractivity contribution >= 4 is 16.6 Å². The van der Waals surface area contributed by atoms with Gasteiger partial charge in [0.25, 0.3) is 0 Å². The number of benzene rings is 1. The van der Waals surface area contributed by atoms with Crippen molar-refractivity contribution in [3.63, 3.8) is 0 Å². The Morgan fingerprint density at radius 3 is 2.55 bits per heavy atom. The monoisotopic (exact) mass is 280 g/mol. The van der Waals surface area contributed by atoms with Gasteiger partial charge in [-0.05, 0) is 31.2 Å². The highest BCUT2D eigenvalue weighted by Gasteiger charge is 2.22. The number of anilines is 1. The summed E-state index contributed by atoms with van der Waals surface area (Å²) in [5.41, 5.74) is 2.02. The molecule has 0 saturated heterocycles. The van der Waals surface area contributed by atoms with E-state index in [4.69, 9.17) is 0 Å². The number of pyridine rings is 1. The average Bonchev–Trinajstić information content (AvgIpc) is 2.67. The lowest BCUT2D eigenvalue weighted by Gasteiger charge is -2.16. The Kier molecular flexibility index (Phi) is 3.28. The molecule has 2 nitrogen and oxygen atoms in total. The molecule has 1 heterocycles. The lowest BCUT2D eigenvalue weighted by molar-refractivity contribution is 0.504. The van der Waals surface area contributed by atoms with Crippen molar-refractivity contribution in [2.45, 2.75) is 32.1 Å². The number of nitrogens with zero attached hydrogens (tertiary/aromatic N) is 1. The summed E-state index contributed by atoms with van der Waals surface area (Å²) in [5, 5.41) is 2.99. The smallest absolute Gasteiger partial charge is 0.185 e. The molecule has 3 rings (SSSR count). The number of halogens is 3. The van der Waals surface area contributed by atoms with Crippen LogP contribution in [0.15, 0.2) is 6.07 Å². The zero-order valence-corrected chi connectivity index (χ0v) is 11.2. The van der Waals surface area contributed by atoms with E-state index < -0.39 is 17.5 Å². The molecule has 0 radical (unpaired) electrons. The van der Waals surface area contributed by atoms with E-state index in [1.807, 2.05) is 0 Å². The first-order valence-electron chi connectivity index (χ1n) is 6.80. The van der Waals surface area contributed by atoms with Gasteiger partial charge in [0.15, 0.2) is 11.6 Å². The highest BCUT2D eigenvalue weighted by molar-refractivity contribution is 5.94. The molecule has 0 amide bonds. The summed E-state index contributed by atoms with van der Waals surface area (Å²) in [6, 6.07) is 0.587. The van der Waals surface area contributed by atoms with Crippen LogP contribution in [0.3, 0.4) is 0 Å². The minimum absolute atomic E-state index is 0.0482. The number of hydrogen-bond donors (Lipinski definition) is 1.